The molecule has 0 bridgehead atoms. The maximum absolute atomic E-state index is 11.7. The first-order chi connectivity index (χ1) is 11.6. The number of aryl methyl sites for hydroxylation is 1. The number of rotatable bonds is 5. The topological polar surface area (TPSA) is 69.2 Å². The van der Waals surface area contributed by atoms with Crippen molar-refractivity contribution in [2.24, 2.45) is 5.10 Å². The average Bonchev–Trinajstić information content (AvgIpc) is 3.04. The SMILES string of the molecule is Cc1cc(OCC(=O)N/N=C/c2ccc3c(c2)OCO3)ccc1Cl. The van der Waals surface area contributed by atoms with E-state index < -0.39 is 0 Å². The van der Waals surface area contributed by atoms with Gasteiger partial charge in [0.25, 0.3) is 5.91 Å². The molecule has 0 aromatic heterocycles. The van der Waals surface area contributed by atoms with Crippen molar-refractivity contribution in [2.75, 3.05) is 13.4 Å². The fourth-order valence-corrected chi connectivity index (χ4v) is 2.18. The van der Waals surface area contributed by atoms with E-state index in [1.165, 1.54) is 6.21 Å². The highest BCUT2D eigenvalue weighted by atomic mass is 35.5. The Morgan fingerprint density at radius 2 is 2.12 bits per heavy atom. The second-order valence-corrected chi connectivity index (χ2v) is 5.51. The van der Waals surface area contributed by atoms with Crippen molar-refractivity contribution in [1.29, 1.82) is 0 Å². The first kappa shape index (κ1) is 16.1. The number of carbonyl (C=O) groups excluding carboxylic acids is 1. The largest absolute Gasteiger partial charge is 0.484 e. The van der Waals surface area contributed by atoms with Gasteiger partial charge in [0.1, 0.15) is 5.75 Å². The minimum absolute atomic E-state index is 0.139. The second kappa shape index (κ2) is 7.23. The highest BCUT2D eigenvalue weighted by Gasteiger charge is 2.12. The summed E-state index contributed by atoms with van der Waals surface area (Å²) in [5.74, 6) is 1.57. The Hall–Kier alpha value is -2.73. The van der Waals surface area contributed by atoms with E-state index in [9.17, 15) is 4.79 Å². The molecule has 24 heavy (non-hydrogen) atoms. The highest BCUT2D eigenvalue weighted by Crippen LogP contribution is 2.31. The first-order valence-corrected chi connectivity index (χ1v) is 7.60. The van der Waals surface area contributed by atoms with E-state index >= 15 is 0 Å². The normalized spacial score (nSPS) is 12.4. The molecule has 0 unspecified atom stereocenters. The van der Waals surface area contributed by atoms with Crippen molar-refractivity contribution < 1.29 is 19.0 Å². The van der Waals surface area contributed by atoms with E-state index in [1.54, 1.807) is 30.3 Å². The molecule has 0 saturated carbocycles. The zero-order chi connectivity index (χ0) is 16.9. The number of hydrogen-bond acceptors (Lipinski definition) is 5. The standard InChI is InChI=1S/C17H15ClN2O4/c1-11-6-13(3-4-14(11)18)22-9-17(21)20-19-8-12-2-5-15-16(7-12)24-10-23-15/h2-8H,9-10H2,1H3,(H,20,21)/b19-8+. The Balaban J connectivity index is 1.49. The van der Waals surface area contributed by atoms with Crippen LogP contribution in [0.4, 0.5) is 0 Å². The highest BCUT2D eigenvalue weighted by molar-refractivity contribution is 6.31. The van der Waals surface area contributed by atoms with Crippen LogP contribution in [0.2, 0.25) is 5.02 Å². The van der Waals surface area contributed by atoms with E-state index in [4.69, 9.17) is 25.8 Å². The molecule has 0 saturated heterocycles. The van der Waals surface area contributed by atoms with Gasteiger partial charge in [-0.05, 0) is 54.4 Å². The third-order valence-corrected chi connectivity index (χ3v) is 3.72. The Labute approximate surface area is 144 Å². The molecule has 1 N–H and O–H groups in total. The number of halogens is 1. The summed E-state index contributed by atoms with van der Waals surface area (Å²) in [4.78, 5) is 11.7. The van der Waals surface area contributed by atoms with Crippen LogP contribution in [0.3, 0.4) is 0 Å². The van der Waals surface area contributed by atoms with Crippen molar-refractivity contribution in [3.05, 3.63) is 52.5 Å². The molecule has 124 valence electrons. The smallest absolute Gasteiger partial charge is 0.277 e. The predicted molar refractivity (Wildman–Crippen MR) is 90.0 cm³/mol. The van der Waals surface area contributed by atoms with Gasteiger partial charge in [0, 0.05) is 5.02 Å². The number of hydrazone groups is 1. The van der Waals surface area contributed by atoms with Gasteiger partial charge in [0.05, 0.1) is 6.21 Å². The lowest BCUT2D eigenvalue weighted by atomic mass is 10.2. The Morgan fingerprint density at radius 1 is 1.29 bits per heavy atom. The van der Waals surface area contributed by atoms with Crippen molar-refractivity contribution in [3.63, 3.8) is 0 Å². The van der Waals surface area contributed by atoms with Crippen LogP contribution in [0.5, 0.6) is 17.2 Å². The van der Waals surface area contributed by atoms with Crippen LogP contribution in [-0.2, 0) is 4.79 Å². The maximum atomic E-state index is 11.7. The first-order valence-electron chi connectivity index (χ1n) is 7.22. The molecule has 1 amide bonds. The Morgan fingerprint density at radius 3 is 2.96 bits per heavy atom. The summed E-state index contributed by atoms with van der Waals surface area (Å²) in [6.45, 7) is 1.94. The molecule has 1 aliphatic rings. The quantitative estimate of drug-likeness (QED) is 0.667. The van der Waals surface area contributed by atoms with Gasteiger partial charge in [-0.15, -0.1) is 0 Å². The van der Waals surface area contributed by atoms with Crippen LogP contribution in [0.15, 0.2) is 41.5 Å². The summed E-state index contributed by atoms with van der Waals surface area (Å²) in [7, 11) is 0. The van der Waals surface area contributed by atoms with Crippen LogP contribution >= 0.6 is 11.6 Å². The van der Waals surface area contributed by atoms with Crippen molar-refractivity contribution in [3.8, 4) is 17.2 Å². The molecule has 0 fully saturated rings. The summed E-state index contributed by atoms with van der Waals surface area (Å²) in [5, 5.41) is 4.54. The zero-order valence-corrected chi connectivity index (χ0v) is 13.7. The number of nitrogens with zero attached hydrogens (tertiary/aromatic N) is 1. The molecule has 2 aromatic carbocycles. The van der Waals surface area contributed by atoms with E-state index in [0.717, 1.165) is 11.1 Å². The van der Waals surface area contributed by atoms with Gasteiger partial charge in [0.15, 0.2) is 18.1 Å². The fourth-order valence-electron chi connectivity index (χ4n) is 2.06. The number of benzene rings is 2. The van der Waals surface area contributed by atoms with Gasteiger partial charge in [0.2, 0.25) is 6.79 Å². The zero-order valence-electron chi connectivity index (χ0n) is 12.9. The minimum Gasteiger partial charge on any atom is -0.484 e. The molecule has 1 heterocycles. The van der Waals surface area contributed by atoms with E-state index in [2.05, 4.69) is 10.5 Å². The molecule has 0 radical (unpaired) electrons. The minimum atomic E-state index is -0.361. The van der Waals surface area contributed by atoms with Gasteiger partial charge in [-0.25, -0.2) is 5.43 Å². The van der Waals surface area contributed by atoms with E-state index in [0.29, 0.717) is 22.3 Å². The summed E-state index contributed by atoms with van der Waals surface area (Å²) >= 11 is 5.93. The fraction of sp³-hybridized carbons (Fsp3) is 0.176. The van der Waals surface area contributed by atoms with Gasteiger partial charge in [-0.2, -0.15) is 5.10 Å². The van der Waals surface area contributed by atoms with Gasteiger partial charge in [-0.3, -0.25) is 4.79 Å². The second-order valence-electron chi connectivity index (χ2n) is 5.11. The molecule has 2 aromatic rings. The number of fused-ring (bicyclic) bond motifs is 1. The van der Waals surface area contributed by atoms with Crippen molar-refractivity contribution in [2.45, 2.75) is 6.92 Å². The Bertz CT molecular complexity index is 792. The molecular formula is C17H15ClN2O4. The lowest BCUT2D eigenvalue weighted by molar-refractivity contribution is -0.123. The summed E-state index contributed by atoms with van der Waals surface area (Å²) in [6.07, 6.45) is 1.52. The molecule has 0 aliphatic carbocycles. The number of nitrogens with one attached hydrogen (secondary N) is 1. The number of hydrogen-bond donors (Lipinski definition) is 1. The number of ether oxygens (including phenoxy) is 3. The van der Waals surface area contributed by atoms with Gasteiger partial charge >= 0.3 is 0 Å². The number of amides is 1. The van der Waals surface area contributed by atoms with Crippen LogP contribution < -0.4 is 19.6 Å². The molecule has 6 nitrogen and oxygen atoms in total. The van der Waals surface area contributed by atoms with Crippen molar-refractivity contribution in [1.82, 2.24) is 5.43 Å². The van der Waals surface area contributed by atoms with E-state index in [-0.39, 0.29) is 19.3 Å². The van der Waals surface area contributed by atoms with Gasteiger partial charge < -0.3 is 14.2 Å². The van der Waals surface area contributed by atoms with Crippen LogP contribution in [0.25, 0.3) is 0 Å². The van der Waals surface area contributed by atoms with E-state index in [1.807, 2.05) is 13.0 Å². The predicted octanol–water partition coefficient (Wildman–Crippen LogP) is 2.91. The maximum Gasteiger partial charge on any atom is 0.277 e. The molecule has 0 atom stereocenters. The third kappa shape index (κ3) is 3.97. The monoisotopic (exact) mass is 346 g/mol. The van der Waals surface area contributed by atoms with Crippen molar-refractivity contribution >= 4 is 23.7 Å². The van der Waals surface area contributed by atoms with Gasteiger partial charge in [-0.1, -0.05) is 11.6 Å². The van der Waals surface area contributed by atoms with Crippen LogP contribution in [0.1, 0.15) is 11.1 Å². The van der Waals surface area contributed by atoms with Crippen LogP contribution in [0, 0.1) is 6.92 Å². The summed E-state index contributed by atoms with van der Waals surface area (Å²) in [6, 6.07) is 10.6. The van der Waals surface area contributed by atoms with Crippen LogP contribution in [-0.4, -0.2) is 25.5 Å². The number of carbonyl (C=O) groups is 1. The lowest BCUT2D eigenvalue weighted by Gasteiger charge is -2.06. The Kier molecular flexibility index (Phi) is 4.86. The molecular weight excluding hydrogens is 332 g/mol. The summed E-state index contributed by atoms with van der Waals surface area (Å²) in [5.41, 5.74) is 4.07. The molecule has 7 heteroatoms. The summed E-state index contributed by atoms with van der Waals surface area (Å²) < 4.78 is 15.9. The lowest BCUT2D eigenvalue weighted by Crippen LogP contribution is -2.24. The average molecular weight is 347 g/mol. The molecule has 1 aliphatic heterocycles. The third-order valence-electron chi connectivity index (χ3n) is 3.30. The molecule has 3 rings (SSSR count). The molecule has 0 spiro atoms.